The number of hydrogen-bond acceptors (Lipinski definition) is 3. The molecule has 0 aliphatic rings. The van der Waals surface area contributed by atoms with Crippen LogP contribution in [0.15, 0.2) is 101 Å². The predicted molar refractivity (Wildman–Crippen MR) is 107 cm³/mol. The van der Waals surface area contributed by atoms with Gasteiger partial charge in [0.2, 0.25) is 0 Å². The zero-order chi connectivity index (χ0) is 17.5. The van der Waals surface area contributed by atoms with E-state index in [1.54, 1.807) is 0 Å². The smallest absolute Gasteiger partial charge is 0.0852 e. The molecular formula is C21H21N2OP. The van der Waals surface area contributed by atoms with Gasteiger partial charge in [-0.05, 0) is 6.92 Å². The third-order valence-electron chi connectivity index (χ3n) is 4.03. The number of rotatable bonds is 5. The Morgan fingerprint density at radius 1 is 0.720 bits per heavy atom. The van der Waals surface area contributed by atoms with Crippen LogP contribution in [-0.2, 0) is 0 Å². The van der Waals surface area contributed by atoms with Crippen molar-refractivity contribution >= 4 is 29.2 Å². The molecule has 1 N–H and O–H groups in total. The third-order valence-corrected chi connectivity index (χ3v) is 7.87. The average molecular weight is 348 g/mol. The van der Waals surface area contributed by atoms with Gasteiger partial charge in [0.1, 0.15) is 0 Å². The second kappa shape index (κ2) is 7.96. The van der Waals surface area contributed by atoms with Gasteiger partial charge in [-0.25, -0.2) is 0 Å². The average Bonchev–Trinajstić information content (AvgIpc) is 2.68. The molecule has 4 heteroatoms. The number of oxime groups is 1. The number of nitrogens with zero attached hydrogens (tertiary/aromatic N) is 2. The molecule has 0 bridgehead atoms. The molecule has 3 rings (SSSR count). The second-order valence-electron chi connectivity index (χ2n) is 5.76. The highest BCUT2D eigenvalue weighted by Crippen LogP contribution is 2.46. The maximum absolute atomic E-state index is 8.97. The van der Waals surface area contributed by atoms with E-state index in [1.165, 1.54) is 22.1 Å². The molecule has 1 atom stereocenters. The first-order chi connectivity index (χ1) is 12.3. The SMILES string of the molecule is CC(/C=N/O)N=P(c1ccccc1)(c1ccccc1)c1ccccc1. The summed E-state index contributed by atoms with van der Waals surface area (Å²) in [5.41, 5.74) is 0. The number of benzene rings is 3. The van der Waals surface area contributed by atoms with Crippen LogP contribution in [0, 0.1) is 0 Å². The quantitative estimate of drug-likeness (QED) is 0.322. The second-order valence-corrected chi connectivity index (χ2v) is 8.81. The van der Waals surface area contributed by atoms with Crippen LogP contribution in [0.3, 0.4) is 0 Å². The molecular weight excluding hydrogens is 327 g/mol. The Morgan fingerprint density at radius 2 is 1.08 bits per heavy atom. The standard InChI is InChI=1S/C21H21N2OP/c1-18(17-22-24)23-25(19-11-5-2-6-12-19,20-13-7-3-8-14-20)21-15-9-4-10-16-21/h2-18,24H,1H3/b22-17+. The van der Waals surface area contributed by atoms with Gasteiger partial charge in [0.15, 0.2) is 0 Å². The Kier molecular flexibility index (Phi) is 5.47. The molecule has 0 aromatic heterocycles. The molecule has 0 saturated carbocycles. The van der Waals surface area contributed by atoms with Crippen molar-refractivity contribution in [3.63, 3.8) is 0 Å². The van der Waals surface area contributed by atoms with Crippen molar-refractivity contribution < 1.29 is 5.21 Å². The molecule has 3 aromatic rings. The molecule has 0 saturated heterocycles. The van der Waals surface area contributed by atoms with E-state index in [9.17, 15) is 0 Å². The van der Waals surface area contributed by atoms with Crippen molar-refractivity contribution in [3.05, 3.63) is 91.0 Å². The lowest BCUT2D eigenvalue weighted by Gasteiger charge is -2.28. The normalized spacial score (nSPS) is 12.8. The minimum Gasteiger partial charge on any atom is -0.411 e. The molecule has 0 fully saturated rings. The highest BCUT2D eigenvalue weighted by atomic mass is 31.2. The van der Waals surface area contributed by atoms with Gasteiger partial charge in [-0.15, -0.1) is 0 Å². The van der Waals surface area contributed by atoms with Gasteiger partial charge < -0.3 is 5.21 Å². The molecule has 3 nitrogen and oxygen atoms in total. The summed E-state index contributed by atoms with van der Waals surface area (Å²) < 4.78 is 5.21. The van der Waals surface area contributed by atoms with Gasteiger partial charge in [-0.3, -0.25) is 4.74 Å². The van der Waals surface area contributed by atoms with Crippen molar-refractivity contribution in [2.75, 3.05) is 0 Å². The Bertz CT molecular complexity index is 774. The topological polar surface area (TPSA) is 45.0 Å². The molecule has 1 unspecified atom stereocenters. The fourth-order valence-electron chi connectivity index (χ4n) is 2.98. The zero-order valence-corrected chi connectivity index (χ0v) is 15.0. The zero-order valence-electron chi connectivity index (χ0n) is 14.1. The van der Waals surface area contributed by atoms with Crippen molar-refractivity contribution in [2.45, 2.75) is 13.0 Å². The van der Waals surface area contributed by atoms with Gasteiger partial charge in [0, 0.05) is 15.9 Å². The Balaban J connectivity index is 2.40. The molecule has 0 aliphatic heterocycles. The molecule has 0 aliphatic carbocycles. The first kappa shape index (κ1) is 17.2. The van der Waals surface area contributed by atoms with Gasteiger partial charge in [0.05, 0.1) is 19.3 Å². The van der Waals surface area contributed by atoms with Crippen LogP contribution >= 0.6 is 7.05 Å². The van der Waals surface area contributed by atoms with Gasteiger partial charge in [-0.1, -0.05) is 96.2 Å². The van der Waals surface area contributed by atoms with Crippen molar-refractivity contribution in [2.24, 2.45) is 9.90 Å². The van der Waals surface area contributed by atoms with E-state index in [-0.39, 0.29) is 6.04 Å². The lowest BCUT2D eigenvalue weighted by atomic mass is 10.4. The Labute approximate surface area is 148 Å². The first-order valence-corrected chi connectivity index (χ1v) is 9.97. The number of hydrogen-bond donors (Lipinski definition) is 1. The van der Waals surface area contributed by atoms with E-state index >= 15 is 0 Å². The molecule has 25 heavy (non-hydrogen) atoms. The van der Waals surface area contributed by atoms with Gasteiger partial charge >= 0.3 is 0 Å². The largest absolute Gasteiger partial charge is 0.411 e. The molecule has 0 heterocycles. The molecule has 0 radical (unpaired) electrons. The molecule has 126 valence electrons. The highest BCUT2D eigenvalue weighted by Gasteiger charge is 2.27. The summed E-state index contributed by atoms with van der Waals surface area (Å²) in [6.45, 7) is 1.95. The summed E-state index contributed by atoms with van der Waals surface area (Å²) in [6.07, 6.45) is 1.48. The summed E-state index contributed by atoms with van der Waals surface area (Å²) in [5, 5.41) is 15.7. The molecule has 0 amide bonds. The third kappa shape index (κ3) is 3.57. The van der Waals surface area contributed by atoms with Crippen LogP contribution in [0.4, 0.5) is 0 Å². The van der Waals surface area contributed by atoms with Crippen LogP contribution in [0.25, 0.3) is 0 Å². The molecule has 0 spiro atoms. The summed E-state index contributed by atoms with van der Waals surface area (Å²) >= 11 is 0. The van der Waals surface area contributed by atoms with E-state index in [4.69, 9.17) is 9.95 Å². The van der Waals surface area contributed by atoms with Gasteiger partial charge in [-0.2, -0.15) is 0 Å². The van der Waals surface area contributed by atoms with E-state index < -0.39 is 7.05 Å². The maximum atomic E-state index is 8.97. The van der Waals surface area contributed by atoms with Crippen LogP contribution < -0.4 is 15.9 Å². The van der Waals surface area contributed by atoms with Crippen LogP contribution in [0.1, 0.15) is 6.92 Å². The predicted octanol–water partition coefficient (Wildman–Crippen LogP) is 4.01. The van der Waals surface area contributed by atoms with Crippen LogP contribution in [0.2, 0.25) is 0 Å². The van der Waals surface area contributed by atoms with Crippen molar-refractivity contribution in [3.8, 4) is 0 Å². The maximum Gasteiger partial charge on any atom is 0.0852 e. The minimum atomic E-state index is -2.22. The summed E-state index contributed by atoms with van der Waals surface area (Å²) in [5.74, 6) is 0. The summed E-state index contributed by atoms with van der Waals surface area (Å²) in [4.78, 5) is 0. The van der Waals surface area contributed by atoms with E-state index in [1.807, 2.05) is 25.1 Å². The van der Waals surface area contributed by atoms with Crippen molar-refractivity contribution in [1.82, 2.24) is 0 Å². The van der Waals surface area contributed by atoms with Gasteiger partial charge in [0.25, 0.3) is 0 Å². The van der Waals surface area contributed by atoms with E-state index in [0.717, 1.165) is 0 Å². The lowest BCUT2D eigenvalue weighted by Crippen LogP contribution is -2.26. The van der Waals surface area contributed by atoms with Crippen LogP contribution in [-0.4, -0.2) is 17.5 Å². The Hall–Kier alpha value is -2.64. The van der Waals surface area contributed by atoms with Crippen molar-refractivity contribution in [1.29, 1.82) is 0 Å². The fourth-order valence-corrected chi connectivity index (χ4v) is 6.69. The Morgan fingerprint density at radius 3 is 1.40 bits per heavy atom. The highest BCUT2D eigenvalue weighted by molar-refractivity contribution is 7.87. The van der Waals surface area contributed by atoms with E-state index in [0.29, 0.717) is 0 Å². The van der Waals surface area contributed by atoms with E-state index in [2.05, 4.69) is 78.0 Å². The molecule has 3 aromatic carbocycles. The minimum absolute atomic E-state index is 0.209. The fraction of sp³-hybridized carbons (Fsp3) is 0.0952. The first-order valence-electron chi connectivity index (χ1n) is 8.23. The monoisotopic (exact) mass is 348 g/mol. The van der Waals surface area contributed by atoms with Crippen LogP contribution in [0.5, 0.6) is 0 Å². The summed E-state index contributed by atoms with van der Waals surface area (Å²) in [7, 11) is -2.22. The lowest BCUT2D eigenvalue weighted by molar-refractivity contribution is 0.320. The summed E-state index contributed by atoms with van der Waals surface area (Å²) in [6, 6.07) is 31.0.